The smallest absolute Gasteiger partial charge is 0.142 e. The number of rotatable bonds is 0. The van der Waals surface area contributed by atoms with E-state index in [4.69, 9.17) is 4.42 Å². The molecular weight excluding hydrogens is 220 g/mol. The van der Waals surface area contributed by atoms with Crippen LogP contribution in [0.4, 0.5) is 0 Å². The van der Waals surface area contributed by atoms with Crippen molar-refractivity contribution in [1.29, 1.82) is 0 Å². The highest BCUT2D eigenvalue weighted by Crippen LogP contribution is 2.35. The Balaban J connectivity index is 2.09. The van der Waals surface area contributed by atoms with E-state index in [2.05, 4.69) is 36.4 Å². The lowest BCUT2D eigenvalue weighted by atomic mass is 10.0. The highest BCUT2D eigenvalue weighted by molar-refractivity contribution is 6.05. The molecule has 3 aromatic rings. The van der Waals surface area contributed by atoms with Crippen LogP contribution >= 0.6 is 0 Å². The molecule has 0 saturated carbocycles. The molecule has 1 nitrogen and oxygen atoms in total. The van der Waals surface area contributed by atoms with Gasteiger partial charge in [-0.3, -0.25) is 0 Å². The fraction of sp³-hybridized carbons (Fsp3) is 0.294. The molecule has 0 saturated heterocycles. The topological polar surface area (TPSA) is 13.1 Å². The summed E-state index contributed by atoms with van der Waals surface area (Å²) < 4.78 is 6.18. The van der Waals surface area contributed by atoms with Crippen molar-refractivity contribution in [2.45, 2.75) is 32.1 Å². The van der Waals surface area contributed by atoms with Gasteiger partial charge in [-0.15, -0.1) is 0 Å². The maximum absolute atomic E-state index is 6.18. The fourth-order valence-electron chi connectivity index (χ4n) is 3.17. The van der Waals surface area contributed by atoms with Crippen molar-refractivity contribution in [3.63, 3.8) is 0 Å². The average molecular weight is 236 g/mol. The third-order valence-electron chi connectivity index (χ3n) is 4.10. The number of fused-ring (bicyclic) bond motifs is 5. The second kappa shape index (κ2) is 3.88. The molecule has 90 valence electrons. The normalized spacial score (nSPS) is 15.8. The summed E-state index contributed by atoms with van der Waals surface area (Å²) >= 11 is 0. The zero-order valence-electron chi connectivity index (χ0n) is 10.4. The van der Waals surface area contributed by atoms with E-state index in [1.807, 2.05) is 0 Å². The van der Waals surface area contributed by atoms with E-state index >= 15 is 0 Å². The summed E-state index contributed by atoms with van der Waals surface area (Å²) in [5.41, 5.74) is 2.56. The van der Waals surface area contributed by atoms with Crippen LogP contribution in [0.3, 0.4) is 0 Å². The van der Waals surface area contributed by atoms with E-state index in [9.17, 15) is 0 Å². The van der Waals surface area contributed by atoms with Crippen LogP contribution in [0.1, 0.15) is 30.6 Å². The Morgan fingerprint density at radius 3 is 2.67 bits per heavy atom. The van der Waals surface area contributed by atoms with Gasteiger partial charge in [-0.25, -0.2) is 0 Å². The fourth-order valence-corrected chi connectivity index (χ4v) is 3.17. The first kappa shape index (κ1) is 10.2. The van der Waals surface area contributed by atoms with Crippen molar-refractivity contribution in [2.24, 2.45) is 0 Å². The minimum Gasteiger partial charge on any atom is -0.460 e. The lowest BCUT2D eigenvalue weighted by Gasteiger charge is -1.99. The van der Waals surface area contributed by atoms with Crippen LogP contribution in [-0.2, 0) is 12.8 Å². The number of furan rings is 1. The summed E-state index contributed by atoms with van der Waals surface area (Å²) in [6, 6.07) is 13.0. The van der Waals surface area contributed by atoms with Gasteiger partial charge in [0.15, 0.2) is 0 Å². The van der Waals surface area contributed by atoms with Crippen molar-refractivity contribution in [3.05, 3.63) is 47.7 Å². The molecule has 1 aliphatic carbocycles. The lowest BCUT2D eigenvalue weighted by Crippen LogP contribution is -1.84. The van der Waals surface area contributed by atoms with Crippen LogP contribution in [0.5, 0.6) is 0 Å². The van der Waals surface area contributed by atoms with Crippen molar-refractivity contribution >= 4 is 21.7 Å². The summed E-state index contributed by atoms with van der Waals surface area (Å²) in [6.07, 6.45) is 6.19. The standard InChI is InChI=1S/C17H16O/c1-2-8-14-15-11-10-12-6-4-5-7-13(12)17(15)18-16(14)9-3-1/h4-7,10-11H,1-3,8-9H2. The Labute approximate surface area is 106 Å². The minimum atomic E-state index is 1.10. The van der Waals surface area contributed by atoms with E-state index < -0.39 is 0 Å². The largest absolute Gasteiger partial charge is 0.460 e. The number of benzene rings is 2. The van der Waals surface area contributed by atoms with Crippen molar-refractivity contribution in [3.8, 4) is 0 Å². The van der Waals surface area contributed by atoms with Crippen LogP contribution in [-0.4, -0.2) is 0 Å². The maximum atomic E-state index is 6.18. The molecule has 0 N–H and O–H groups in total. The molecule has 0 aliphatic heterocycles. The van der Waals surface area contributed by atoms with Crippen molar-refractivity contribution in [1.82, 2.24) is 0 Å². The van der Waals surface area contributed by atoms with Crippen molar-refractivity contribution < 1.29 is 4.42 Å². The van der Waals surface area contributed by atoms with Crippen LogP contribution in [0.15, 0.2) is 40.8 Å². The van der Waals surface area contributed by atoms with Gasteiger partial charge in [0, 0.05) is 22.8 Å². The molecule has 0 bridgehead atoms. The van der Waals surface area contributed by atoms with E-state index in [0.717, 1.165) is 12.0 Å². The van der Waals surface area contributed by atoms with Crippen LogP contribution in [0.2, 0.25) is 0 Å². The summed E-state index contributed by atoms with van der Waals surface area (Å²) in [7, 11) is 0. The molecule has 1 aromatic heterocycles. The molecule has 1 heteroatoms. The van der Waals surface area contributed by atoms with Gasteiger partial charge in [-0.05, 0) is 24.6 Å². The molecule has 1 heterocycles. The molecule has 1 aliphatic rings. The van der Waals surface area contributed by atoms with Crippen LogP contribution in [0, 0.1) is 0 Å². The Hall–Kier alpha value is -1.76. The first-order valence-electron chi connectivity index (χ1n) is 6.85. The zero-order chi connectivity index (χ0) is 11.9. The first-order chi connectivity index (χ1) is 8.93. The maximum Gasteiger partial charge on any atom is 0.142 e. The van der Waals surface area contributed by atoms with E-state index in [-0.39, 0.29) is 0 Å². The number of hydrogen-bond acceptors (Lipinski definition) is 1. The van der Waals surface area contributed by atoms with Crippen molar-refractivity contribution in [2.75, 3.05) is 0 Å². The van der Waals surface area contributed by atoms with Gasteiger partial charge < -0.3 is 4.42 Å². The van der Waals surface area contributed by atoms with Gasteiger partial charge >= 0.3 is 0 Å². The van der Waals surface area contributed by atoms with Crippen LogP contribution < -0.4 is 0 Å². The average Bonchev–Trinajstić information content (AvgIpc) is 2.61. The van der Waals surface area contributed by atoms with Gasteiger partial charge in [0.05, 0.1) is 0 Å². The molecule has 2 aromatic carbocycles. The molecule has 18 heavy (non-hydrogen) atoms. The van der Waals surface area contributed by atoms with Gasteiger partial charge in [0.2, 0.25) is 0 Å². The quantitative estimate of drug-likeness (QED) is 0.508. The highest BCUT2D eigenvalue weighted by Gasteiger charge is 2.17. The summed E-state index contributed by atoms with van der Waals surface area (Å²) in [5.74, 6) is 1.24. The van der Waals surface area contributed by atoms with E-state index in [1.165, 1.54) is 53.2 Å². The van der Waals surface area contributed by atoms with Crippen LogP contribution in [0.25, 0.3) is 21.7 Å². The highest BCUT2D eigenvalue weighted by atomic mass is 16.3. The summed E-state index contributed by atoms with van der Waals surface area (Å²) in [6.45, 7) is 0. The minimum absolute atomic E-state index is 1.10. The van der Waals surface area contributed by atoms with Gasteiger partial charge in [0.25, 0.3) is 0 Å². The zero-order valence-corrected chi connectivity index (χ0v) is 10.4. The molecule has 0 spiro atoms. The first-order valence-corrected chi connectivity index (χ1v) is 6.85. The lowest BCUT2D eigenvalue weighted by molar-refractivity contribution is 0.540. The molecule has 0 atom stereocenters. The molecule has 0 radical (unpaired) electrons. The Bertz CT molecular complexity index is 721. The van der Waals surface area contributed by atoms with E-state index in [1.54, 1.807) is 0 Å². The van der Waals surface area contributed by atoms with Gasteiger partial charge in [0.1, 0.15) is 11.3 Å². The molecule has 0 amide bonds. The number of aryl methyl sites for hydroxylation is 2. The van der Waals surface area contributed by atoms with Gasteiger partial charge in [-0.1, -0.05) is 42.8 Å². The monoisotopic (exact) mass is 236 g/mol. The summed E-state index contributed by atoms with van der Waals surface area (Å²) in [4.78, 5) is 0. The molecular formula is C17H16O. The predicted octanol–water partition coefficient (Wildman–Crippen LogP) is 4.85. The van der Waals surface area contributed by atoms with E-state index in [0.29, 0.717) is 0 Å². The Kier molecular flexibility index (Phi) is 2.19. The third-order valence-corrected chi connectivity index (χ3v) is 4.10. The predicted molar refractivity (Wildman–Crippen MR) is 75.0 cm³/mol. The third kappa shape index (κ3) is 1.40. The summed E-state index contributed by atoms with van der Waals surface area (Å²) in [5, 5.41) is 3.86. The number of hydrogen-bond donors (Lipinski definition) is 0. The Morgan fingerprint density at radius 2 is 1.67 bits per heavy atom. The molecule has 0 unspecified atom stereocenters. The second-order valence-corrected chi connectivity index (χ2v) is 5.23. The second-order valence-electron chi connectivity index (χ2n) is 5.23. The molecule has 0 fully saturated rings. The Morgan fingerprint density at radius 1 is 0.778 bits per heavy atom. The van der Waals surface area contributed by atoms with Gasteiger partial charge in [-0.2, -0.15) is 0 Å². The molecule has 4 rings (SSSR count). The SMILES string of the molecule is c1ccc2c(c1)ccc1c3c(oc12)CCCCC3.